The molecule has 8 nitrogen and oxygen atoms in total. The second kappa shape index (κ2) is 11.5. The van der Waals surface area contributed by atoms with E-state index in [2.05, 4.69) is 9.97 Å². The molecule has 0 amide bonds. The van der Waals surface area contributed by atoms with Crippen molar-refractivity contribution in [1.82, 2.24) is 14.3 Å². The number of rotatable bonds is 10. The number of sulfonamides is 1. The van der Waals surface area contributed by atoms with Crippen LogP contribution in [0.2, 0.25) is 0 Å². The Morgan fingerprint density at radius 1 is 1.11 bits per heavy atom. The number of imidazole rings is 1. The molecule has 3 aromatic rings. The number of nitrogens with zero attached hydrogens (tertiary/aromatic N) is 3. The standard InChI is InChI=1S/C25H29F3N4O4S/c1-35-12-13-36-24-9-5-8-23-22(24)17-31(37(33,34)25(26,27)28)16-21(11-10-19-6-3-2-4-7-19)32(23)15-20-14-29-18-30-20/h2-9,14,18,21H,10-13,15-17H2,1H3,(H,29,30)/t21-/m1/s1. The Bertz CT molecular complexity index is 1250. The first-order valence-corrected chi connectivity index (χ1v) is 13.2. The molecule has 37 heavy (non-hydrogen) atoms. The molecule has 0 spiro atoms. The zero-order valence-electron chi connectivity index (χ0n) is 20.3. The number of anilines is 1. The second-order valence-electron chi connectivity index (χ2n) is 8.72. The highest BCUT2D eigenvalue weighted by Crippen LogP contribution is 2.39. The summed E-state index contributed by atoms with van der Waals surface area (Å²) in [6.45, 7) is -0.0761. The van der Waals surface area contributed by atoms with E-state index in [4.69, 9.17) is 9.47 Å². The van der Waals surface area contributed by atoms with E-state index in [9.17, 15) is 21.6 Å². The average Bonchev–Trinajstić information content (AvgIpc) is 3.33. The van der Waals surface area contributed by atoms with Gasteiger partial charge in [-0.2, -0.15) is 17.5 Å². The van der Waals surface area contributed by atoms with E-state index >= 15 is 0 Å². The third-order valence-electron chi connectivity index (χ3n) is 6.29. The lowest BCUT2D eigenvalue weighted by Crippen LogP contribution is -2.47. The summed E-state index contributed by atoms with van der Waals surface area (Å²) < 4.78 is 78.0. The predicted octanol–water partition coefficient (Wildman–Crippen LogP) is 4.11. The number of methoxy groups -OCH3 is 1. The van der Waals surface area contributed by atoms with Crippen LogP contribution < -0.4 is 9.64 Å². The normalized spacial score (nSPS) is 16.9. The fourth-order valence-corrected chi connectivity index (χ4v) is 5.41. The Balaban J connectivity index is 1.79. The number of ether oxygens (including phenoxy) is 2. The molecule has 200 valence electrons. The minimum Gasteiger partial charge on any atom is -0.491 e. The zero-order valence-corrected chi connectivity index (χ0v) is 21.1. The maximum Gasteiger partial charge on any atom is 0.511 e. The van der Waals surface area contributed by atoms with Gasteiger partial charge in [0, 0.05) is 43.7 Å². The van der Waals surface area contributed by atoms with Crippen LogP contribution in [0.4, 0.5) is 18.9 Å². The number of halogens is 3. The van der Waals surface area contributed by atoms with Crippen LogP contribution in [0.5, 0.6) is 5.75 Å². The molecule has 0 radical (unpaired) electrons. The molecule has 0 aliphatic carbocycles. The Morgan fingerprint density at radius 2 is 1.89 bits per heavy atom. The van der Waals surface area contributed by atoms with E-state index in [-0.39, 0.29) is 19.8 Å². The zero-order chi connectivity index (χ0) is 26.5. The number of hydrogen-bond acceptors (Lipinski definition) is 6. The summed E-state index contributed by atoms with van der Waals surface area (Å²) in [6.07, 6.45) is 4.15. The van der Waals surface area contributed by atoms with Crippen LogP contribution in [0, 0.1) is 0 Å². The molecule has 0 bridgehead atoms. The van der Waals surface area contributed by atoms with Gasteiger partial charge in [-0.25, -0.2) is 13.4 Å². The van der Waals surface area contributed by atoms with E-state index in [1.165, 1.54) is 13.4 Å². The summed E-state index contributed by atoms with van der Waals surface area (Å²) in [4.78, 5) is 9.05. The highest BCUT2D eigenvalue weighted by atomic mass is 32.2. The molecule has 0 unspecified atom stereocenters. The molecule has 2 heterocycles. The second-order valence-corrected chi connectivity index (χ2v) is 10.7. The molecule has 0 saturated heterocycles. The summed E-state index contributed by atoms with van der Waals surface area (Å²) in [6, 6.07) is 14.2. The molecule has 1 aliphatic rings. The van der Waals surface area contributed by atoms with Crippen molar-refractivity contribution in [3.8, 4) is 5.75 Å². The molecule has 1 atom stereocenters. The van der Waals surface area contributed by atoms with E-state index in [1.54, 1.807) is 24.4 Å². The summed E-state index contributed by atoms with van der Waals surface area (Å²) in [5.74, 6) is 0.315. The Morgan fingerprint density at radius 3 is 2.57 bits per heavy atom. The molecular weight excluding hydrogens is 509 g/mol. The highest BCUT2D eigenvalue weighted by Gasteiger charge is 2.51. The fraction of sp³-hybridized carbons (Fsp3) is 0.400. The van der Waals surface area contributed by atoms with Crippen LogP contribution in [-0.4, -0.2) is 61.1 Å². The summed E-state index contributed by atoms with van der Waals surface area (Å²) >= 11 is 0. The first-order valence-electron chi connectivity index (χ1n) is 11.8. The molecule has 1 aliphatic heterocycles. The molecule has 12 heteroatoms. The van der Waals surface area contributed by atoms with Gasteiger partial charge in [0.1, 0.15) is 12.4 Å². The first kappa shape index (κ1) is 27.0. The van der Waals surface area contributed by atoms with Crippen LogP contribution in [0.3, 0.4) is 0 Å². The van der Waals surface area contributed by atoms with Crippen LogP contribution in [-0.2, 0) is 34.3 Å². The molecule has 0 fully saturated rings. The van der Waals surface area contributed by atoms with Gasteiger partial charge in [-0.3, -0.25) is 0 Å². The van der Waals surface area contributed by atoms with Crippen LogP contribution >= 0.6 is 0 Å². The van der Waals surface area contributed by atoms with Gasteiger partial charge in [0.2, 0.25) is 0 Å². The van der Waals surface area contributed by atoms with E-state index in [0.29, 0.717) is 40.7 Å². The summed E-state index contributed by atoms with van der Waals surface area (Å²) in [5, 5.41) is 0. The Hall–Kier alpha value is -3.09. The predicted molar refractivity (Wildman–Crippen MR) is 133 cm³/mol. The number of aromatic amines is 1. The molecular formula is C25H29F3N4O4S. The van der Waals surface area contributed by atoms with Crippen molar-refractivity contribution in [3.63, 3.8) is 0 Å². The third kappa shape index (κ3) is 6.25. The molecule has 1 aromatic heterocycles. The molecule has 4 rings (SSSR count). The van der Waals surface area contributed by atoms with E-state index < -0.39 is 28.1 Å². The lowest BCUT2D eigenvalue weighted by Gasteiger charge is -2.34. The minimum atomic E-state index is -5.60. The van der Waals surface area contributed by atoms with Gasteiger partial charge >= 0.3 is 15.5 Å². The van der Waals surface area contributed by atoms with Crippen molar-refractivity contribution in [2.75, 3.05) is 31.8 Å². The van der Waals surface area contributed by atoms with Crippen molar-refractivity contribution in [1.29, 1.82) is 0 Å². The van der Waals surface area contributed by atoms with Gasteiger partial charge in [-0.05, 0) is 30.5 Å². The van der Waals surface area contributed by atoms with Crippen molar-refractivity contribution in [2.45, 2.75) is 37.5 Å². The average molecular weight is 539 g/mol. The lowest BCUT2D eigenvalue weighted by atomic mass is 10.0. The number of fused-ring (bicyclic) bond motifs is 1. The van der Waals surface area contributed by atoms with Gasteiger partial charge in [0.25, 0.3) is 0 Å². The van der Waals surface area contributed by atoms with Crippen LogP contribution in [0.1, 0.15) is 23.2 Å². The first-order chi connectivity index (χ1) is 17.7. The van der Waals surface area contributed by atoms with Crippen LogP contribution in [0.25, 0.3) is 0 Å². The van der Waals surface area contributed by atoms with Gasteiger partial charge in [0.15, 0.2) is 0 Å². The summed E-state index contributed by atoms with van der Waals surface area (Å²) in [7, 11) is -4.09. The van der Waals surface area contributed by atoms with Crippen molar-refractivity contribution in [2.24, 2.45) is 0 Å². The summed E-state index contributed by atoms with van der Waals surface area (Å²) in [5.41, 5.74) is -2.69. The van der Waals surface area contributed by atoms with Crippen molar-refractivity contribution >= 4 is 15.7 Å². The number of benzene rings is 2. The SMILES string of the molecule is COCCOc1cccc2c1CN(S(=O)(=O)C(F)(F)F)C[C@@H](CCc1ccccc1)N2Cc1cnc[nH]1. The number of aryl methyl sites for hydroxylation is 1. The number of alkyl halides is 3. The van der Waals surface area contributed by atoms with Gasteiger partial charge in [0.05, 0.1) is 25.2 Å². The van der Waals surface area contributed by atoms with Crippen molar-refractivity contribution in [3.05, 3.63) is 77.9 Å². The van der Waals surface area contributed by atoms with E-state index in [0.717, 1.165) is 11.3 Å². The number of H-pyrrole nitrogens is 1. The molecule has 0 saturated carbocycles. The largest absolute Gasteiger partial charge is 0.511 e. The number of nitrogens with one attached hydrogen (secondary N) is 1. The topological polar surface area (TPSA) is 87.8 Å². The Labute approximate surface area is 214 Å². The smallest absolute Gasteiger partial charge is 0.491 e. The highest BCUT2D eigenvalue weighted by molar-refractivity contribution is 7.89. The number of hydrogen-bond donors (Lipinski definition) is 1. The van der Waals surface area contributed by atoms with E-state index in [1.807, 2.05) is 35.2 Å². The Kier molecular flexibility index (Phi) is 8.40. The number of aromatic nitrogens is 2. The fourth-order valence-electron chi connectivity index (χ4n) is 4.45. The monoisotopic (exact) mass is 538 g/mol. The van der Waals surface area contributed by atoms with Gasteiger partial charge in [-0.1, -0.05) is 36.4 Å². The molecule has 2 aromatic carbocycles. The van der Waals surface area contributed by atoms with Gasteiger partial charge in [-0.15, -0.1) is 0 Å². The quantitative estimate of drug-likeness (QED) is 0.391. The van der Waals surface area contributed by atoms with Crippen molar-refractivity contribution < 1.29 is 31.1 Å². The molecule has 1 N–H and O–H groups in total. The lowest BCUT2D eigenvalue weighted by molar-refractivity contribution is -0.0492. The van der Waals surface area contributed by atoms with Crippen LogP contribution in [0.15, 0.2) is 61.1 Å². The maximum atomic E-state index is 13.8. The minimum absolute atomic E-state index is 0.164. The third-order valence-corrected chi connectivity index (χ3v) is 7.83. The van der Waals surface area contributed by atoms with Gasteiger partial charge < -0.3 is 19.4 Å². The maximum absolute atomic E-state index is 13.8.